The molecule has 2 rings (SSSR count). The van der Waals surface area contributed by atoms with E-state index in [0.29, 0.717) is 13.1 Å². The quantitative estimate of drug-likeness (QED) is 0.587. The molecule has 0 bridgehead atoms. The van der Waals surface area contributed by atoms with Crippen molar-refractivity contribution in [2.45, 2.75) is 18.7 Å². The number of amides is 2. The third kappa shape index (κ3) is 5.24. The predicted octanol–water partition coefficient (Wildman–Crippen LogP) is 2.01. The topological polar surface area (TPSA) is 125 Å². The summed E-state index contributed by atoms with van der Waals surface area (Å²) in [5.74, 6) is -1.89. The lowest BCUT2D eigenvalue weighted by molar-refractivity contribution is -0.133. The molecule has 0 aromatic heterocycles. The van der Waals surface area contributed by atoms with Crippen LogP contribution in [-0.2, 0) is 19.6 Å². The van der Waals surface area contributed by atoms with Gasteiger partial charge in [0.2, 0.25) is 10.0 Å². The van der Waals surface area contributed by atoms with Crippen molar-refractivity contribution in [1.29, 1.82) is 0 Å². The van der Waals surface area contributed by atoms with Gasteiger partial charge in [0, 0.05) is 24.8 Å². The lowest BCUT2D eigenvalue weighted by Crippen LogP contribution is -2.31. The van der Waals surface area contributed by atoms with Crippen LogP contribution >= 0.6 is 0 Å². The third-order valence-corrected chi connectivity index (χ3v) is 6.12. The van der Waals surface area contributed by atoms with E-state index >= 15 is 0 Å². The fourth-order valence-corrected chi connectivity index (χ4v) is 4.09. The highest BCUT2D eigenvalue weighted by Gasteiger charge is 2.24. The Morgan fingerprint density at radius 3 is 2.28 bits per heavy atom. The average molecular weight is 421 g/mol. The number of ether oxygens (including phenoxy) is 1. The van der Waals surface area contributed by atoms with Gasteiger partial charge in [0.25, 0.3) is 0 Å². The molecule has 2 amide bonds. The number of hydrogen-bond donors (Lipinski definition) is 3. The molecule has 0 aliphatic rings. The van der Waals surface area contributed by atoms with Gasteiger partial charge in [0.05, 0.1) is 17.7 Å². The van der Waals surface area contributed by atoms with Crippen molar-refractivity contribution in [1.82, 2.24) is 4.31 Å². The van der Waals surface area contributed by atoms with Crippen LogP contribution < -0.4 is 15.4 Å². The Morgan fingerprint density at radius 2 is 1.69 bits per heavy atom. The van der Waals surface area contributed by atoms with Gasteiger partial charge in [-0.2, -0.15) is 4.31 Å². The summed E-state index contributed by atoms with van der Waals surface area (Å²) in [6.07, 6.45) is 0. The maximum atomic E-state index is 12.7. The zero-order valence-electron chi connectivity index (χ0n) is 16.3. The zero-order valence-corrected chi connectivity index (χ0v) is 17.1. The van der Waals surface area contributed by atoms with Crippen LogP contribution in [0.15, 0.2) is 47.4 Å². The van der Waals surface area contributed by atoms with E-state index in [1.165, 1.54) is 53.9 Å². The number of nitrogens with zero attached hydrogens (tertiary/aromatic N) is 1. The number of phenolic OH excluding ortho intramolecular Hbond substituents is 1. The minimum absolute atomic E-state index is 0.0364. The van der Waals surface area contributed by atoms with Crippen molar-refractivity contribution in [3.63, 3.8) is 0 Å². The first-order valence-corrected chi connectivity index (χ1v) is 10.3. The summed E-state index contributed by atoms with van der Waals surface area (Å²) in [6, 6.07) is 9.72. The van der Waals surface area contributed by atoms with Gasteiger partial charge in [-0.05, 0) is 30.3 Å². The maximum Gasteiger partial charge on any atom is 0.314 e. The van der Waals surface area contributed by atoms with Crippen LogP contribution in [0.1, 0.15) is 13.8 Å². The van der Waals surface area contributed by atoms with E-state index in [2.05, 4.69) is 10.6 Å². The lowest BCUT2D eigenvalue weighted by atomic mass is 10.2. The Hall–Kier alpha value is -3.11. The number of hydrogen-bond acceptors (Lipinski definition) is 6. The highest BCUT2D eigenvalue weighted by atomic mass is 32.2. The molecule has 0 heterocycles. The SMILES string of the molecule is CCN(CC)S(=O)(=O)c1ccc(OC)c(NC(=O)C(=O)Nc2cccc(O)c2)c1. The standard InChI is InChI=1S/C19H23N3O6S/c1-4-22(5-2)29(26,27)15-9-10-17(28-3)16(12-15)21-19(25)18(24)20-13-7-6-8-14(23)11-13/h6-12,23H,4-5H2,1-3H3,(H,20,24)(H,21,25). The molecule has 2 aromatic rings. The lowest BCUT2D eigenvalue weighted by Gasteiger charge is -2.19. The molecule has 2 aromatic carbocycles. The molecule has 0 aliphatic heterocycles. The molecule has 0 saturated carbocycles. The number of carbonyl (C=O) groups excluding carboxylic acids is 2. The average Bonchev–Trinajstić information content (AvgIpc) is 2.68. The highest BCUT2D eigenvalue weighted by Crippen LogP contribution is 2.29. The number of sulfonamides is 1. The number of nitrogens with one attached hydrogen (secondary N) is 2. The van der Waals surface area contributed by atoms with E-state index in [1.54, 1.807) is 13.8 Å². The molecule has 0 aliphatic carbocycles. The van der Waals surface area contributed by atoms with Crippen molar-refractivity contribution < 1.29 is 27.9 Å². The van der Waals surface area contributed by atoms with Gasteiger partial charge in [0.1, 0.15) is 11.5 Å². The van der Waals surface area contributed by atoms with Crippen LogP contribution in [0.25, 0.3) is 0 Å². The summed E-state index contributed by atoms with van der Waals surface area (Å²) in [5, 5.41) is 14.1. The molecular formula is C19H23N3O6S. The highest BCUT2D eigenvalue weighted by molar-refractivity contribution is 7.89. The van der Waals surface area contributed by atoms with E-state index in [-0.39, 0.29) is 27.8 Å². The normalized spacial score (nSPS) is 11.2. The second-order valence-electron chi connectivity index (χ2n) is 5.91. The minimum atomic E-state index is -3.76. The van der Waals surface area contributed by atoms with Crippen LogP contribution in [0.2, 0.25) is 0 Å². The molecular weight excluding hydrogens is 398 g/mol. The van der Waals surface area contributed by atoms with Crippen molar-refractivity contribution in [2.24, 2.45) is 0 Å². The van der Waals surface area contributed by atoms with Gasteiger partial charge in [-0.25, -0.2) is 8.42 Å². The summed E-state index contributed by atoms with van der Waals surface area (Å²) >= 11 is 0. The number of anilines is 2. The molecule has 156 valence electrons. The van der Waals surface area contributed by atoms with E-state index in [4.69, 9.17) is 4.74 Å². The summed E-state index contributed by atoms with van der Waals surface area (Å²) in [5.41, 5.74) is 0.270. The van der Waals surface area contributed by atoms with Gasteiger partial charge < -0.3 is 20.5 Å². The number of benzene rings is 2. The first kappa shape index (κ1) is 22.2. The molecule has 0 fully saturated rings. The van der Waals surface area contributed by atoms with E-state index in [0.717, 1.165) is 0 Å². The number of aromatic hydroxyl groups is 1. The third-order valence-electron chi connectivity index (χ3n) is 4.07. The van der Waals surface area contributed by atoms with Gasteiger partial charge in [-0.1, -0.05) is 19.9 Å². The molecule has 10 heteroatoms. The van der Waals surface area contributed by atoms with Crippen LogP contribution in [0.4, 0.5) is 11.4 Å². The predicted molar refractivity (Wildman–Crippen MR) is 108 cm³/mol. The Bertz CT molecular complexity index is 1000. The van der Waals surface area contributed by atoms with Gasteiger partial charge in [-0.3, -0.25) is 9.59 Å². The first-order valence-electron chi connectivity index (χ1n) is 8.82. The molecule has 0 spiro atoms. The van der Waals surface area contributed by atoms with Crippen LogP contribution in [0.3, 0.4) is 0 Å². The molecule has 0 saturated heterocycles. The summed E-state index contributed by atoms with van der Waals surface area (Å²) < 4.78 is 31.8. The van der Waals surface area contributed by atoms with Crippen molar-refractivity contribution >= 4 is 33.2 Å². The molecule has 0 atom stereocenters. The smallest absolute Gasteiger partial charge is 0.314 e. The Balaban J connectivity index is 2.26. The molecule has 0 radical (unpaired) electrons. The maximum absolute atomic E-state index is 12.7. The Morgan fingerprint density at radius 1 is 1.03 bits per heavy atom. The van der Waals surface area contributed by atoms with Gasteiger partial charge in [0.15, 0.2) is 0 Å². The molecule has 0 unspecified atom stereocenters. The van der Waals surface area contributed by atoms with Crippen LogP contribution in [-0.4, -0.2) is 49.8 Å². The number of carbonyl (C=O) groups is 2. The monoisotopic (exact) mass is 421 g/mol. The summed E-state index contributed by atoms with van der Waals surface area (Å²) in [7, 11) is -2.40. The summed E-state index contributed by atoms with van der Waals surface area (Å²) in [6.45, 7) is 4.02. The van der Waals surface area contributed by atoms with Crippen molar-refractivity contribution in [2.75, 3.05) is 30.8 Å². The largest absolute Gasteiger partial charge is 0.508 e. The van der Waals surface area contributed by atoms with Gasteiger partial charge >= 0.3 is 11.8 Å². The molecule has 3 N–H and O–H groups in total. The van der Waals surface area contributed by atoms with Crippen LogP contribution in [0, 0.1) is 0 Å². The molecule has 29 heavy (non-hydrogen) atoms. The Kier molecular flexibility index (Phi) is 7.18. The second-order valence-corrected chi connectivity index (χ2v) is 7.85. The number of rotatable bonds is 7. The minimum Gasteiger partial charge on any atom is -0.508 e. The number of methoxy groups -OCH3 is 1. The van der Waals surface area contributed by atoms with Gasteiger partial charge in [-0.15, -0.1) is 0 Å². The van der Waals surface area contributed by atoms with Crippen LogP contribution in [0.5, 0.6) is 11.5 Å². The zero-order chi connectivity index (χ0) is 21.6. The Labute approximate surface area is 169 Å². The fraction of sp³-hybridized carbons (Fsp3) is 0.263. The first-order chi connectivity index (χ1) is 13.7. The second kappa shape index (κ2) is 9.39. The van der Waals surface area contributed by atoms with E-state index in [1.807, 2.05) is 0 Å². The van der Waals surface area contributed by atoms with E-state index in [9.17, 15) is 23.1 Å². The van der Waals surface area contributed by atoms with E-state index < -0.39 is 21.8 Å². The molecule has 9 nitrogen and oxygen atoms in total. The van der Waals surface area contributed by atoms with Crippen molar-refractivity contribution in [3.05, 3.63) is 42.5 Å². The van der Waals surface area contributed by atoms with Crippen molar-refractivity contribution in [3.8, 4) is 11.5 Å². The number of phenols is 1. The fourth-order valence-electron chi connectivity index (χ4n) is 2.61. The summed E-state index contributed by atoms with van der Waals surface area (Å²) in [4.78, 5) is 24.4.